The van der Waals surface area contributed by atoms with Gasteiger partial charge in [0.25, 0.3) is 0 Å². The maximum Gasteiger partial charge on any atom is 0.328 e. The van der Waals surface area contributed by atoms with Crippen LogP contribution in [-0.2, 0) is 4.79 Å². The smallest absolute Gasteiger partial charge is 0.328 e. The van der Waals surface area contributed by atoms with Crippen LogP contribution in [0.1, 0.15) is 6.42 Å². The second kappa shape index (κ2) is 5.77. The number of amides is 3. The van der Waals surface area contributed by atoms with E-state index in [0.29, 0.717) is 23.7 Å². The summed E-state index contributed by atoms with van der Waals surface area (Å²) < 4.78 is 5.61. The van der Waals surface area contributed by atoms with Gasteiger partial charge in [-0.2, -0.15) is 0 Å². The number of ether oxygens (including phenoxy) is 1. The predicted molar refractivity (Wildman–Crippen MR) is 80.1 cm³/mol. The molecule has 0 bridgehead atoms. The first-order valence-electron chi connectivity index (χ1n) is 6.80. The van der Waals surface area contributed by atoms with E-state index < -0.39 is 6.03 Å². The minimum absolute atomic E-state index is 0.128. The lowest BCUT2D eigenvalue weighted by atomic mass is 10.2. The van der Waals surface area contributed by atoms with Crippen LogP contribution in [0, 0.1) is 0 Å². The molecule has 3 rings (SSSR count). The number of anilines is 1. The summed E-state index contributed by atoms with van der Waals surface area (Å²) in [5.41, 5.74) is 0.688. The number of carbonyl (C=O) groups is 2. The SMILES string of the molecule is O=C1CCN(c2ccc(Oc3cccc(O)c3)cc2)C(=O)N1. The second-order valence-corrected chi connectivity index (χ2v) is 4.85. The molecule has 0 saturated carbocycles. The number of urea groups is 1. The summed E-state index contributed by atoms with van der Waals surface area (Å²) in [6.07, 6.45) is 0.285. The van der Waals surface area contributed by atoms with E-state index in [1.54, 1.807) is 42.5 Å². The molecule has 1 aliphatic rings. The van der Waals surface area contributed by atoms with Crippen LogP contribution in [0.4, 0.5) is 10.5 Å². The zero-order valence-electron chi connectivity index (χ0n) is 11.7. The van der Waals surface area contributed by atoms with Crippen LogP contribution in [0.25, 0.3) is 0 Å². The summed E-state index contributed by atoms with van der Waals surface area (Å²) in [5, 5.41) is 11.7. The summed E-state index contributed by atoms with van der Waals surface area (Å²) in [5.74, 6) is 0.978. The number of hydrogen-bond donors (Lipinski definition) is 2. The summed E-state index contributed by atoms with van der Waals surface area (Å²) in [4.78, 5) is 24.4. The highest BCUT2D eigenvalue weighted by Gasteiger charge is 2.23. The molecule has 0 spiro atoms. The van der Waals surface area contributed by atoms with Gasteiger partial charge in [0.15, 0.2) is 0 Å². The second-order valence-electron chi connectivity index (χ2n) is 4.85. The van der Waals surface area contributed by atoms with Gasteiger partial charge in [-0.25, -0.2) is 4.79 Å². The van der Waals surface area contributed by atoms with Crippen LogP contribution >= 0.6 is 0 Å². The number of nitrogens with zero attached hydrogens (tertiary/aromatic N) is 1. The third-order valence-corrected chi connectivity index (χ3v) is 3.26. The third-order valence-electron chi connectivity index (χ3n) is 3.26. The highest BCUT2D eigenvalue weighted by atomic mass is 16.5. The molecule has 22 heavy (non-hydrogen) atoms. The van der Waals surface area contributed by atoms with E-state index in [-0.39, 0.29) is 18.1 Å². The predicted octanol–water partition coefficient (Wildman–Crippen LogP) is 2.63. The van der Waals surface area contributed by atoms with Crippen LogP contribution in [0.3, 0.4) is 0 Å². The van der Waals surface area contributed by atoms with Crippen LogP contribution in [0.15, 0.2) is 48.5 Å². The molecule has 0 radical (unpaired) electrons. The number of imide groups is 1. The fraction of sp³-hybridized carbons (Fsp3) is 0.125. The van der Waals surface area contributed by atoms with E-state index in [0.717, 1.165) is 0 Å². The zero-order valence-corrected chi connectivity index (χ0v) is 11.7. The third kappa shape index (κ3) is 3.01. The number of carbonyl (C=O) groups excluding carboxylic acids is 2. The Hall–Kier alpha value is -3.02. The molecule has 2 N–H and O–H groups in total. The maximum atomic E-state index is 11.8. The zero-order chi connectivity index (χ0) is 15.5. The summed E-state index contributed by atoms with van der Waals surface area (Å²) in [6.45, 7) is 0.359. The molecule has 1 aliphatic heterocycles. The van der Waals surface area contributed by atoms with Crippen LogP contribution in [-0.4, -0.2) is 23.6 Å². The highest BCUT2D eigenvalue weighted by Crippen LogP contribution is 2.27. The van der Waals surface area contributed by atoms with E-state index in [1.165, 1.54) is 11.0 Å². The first kappa shape index (κ1) is 13.9. The fourth-order valence-corrected chi connectivity index (χ4v) is 2.19. The molecule has 0 aliphatic carbocycles. The first-order valence-corrected chi connectivity index (χ1v) is 6.80. The Balaban J connectivity index is 1.73. The Kier molecular flexibility index (Phi) is 3.65. The molecule has 2 aromatic rings. The number of nitrogens with one attached hydrogen (secondary N) is 1. The Morgan fingerprint density at radius 2 is 1.82 bits per heavy atom. The fourth-order valence-electron chi connectivity index (χ4n) is 2.19. The average molecular weight is 298 g/mol. The lowest BCUT2D eigenvalue weighted by Gasteiger charge is -2.26. The highest BCUT2D eigenvalue weighted by molar-refractivity contribution is 6.05. The molecule has 6 nitrogen and oxygen atoms in total. The van der Waals surface area contributed by atoms with E-state index in [1.807, 2.05) is 0 Å². The number of hydrogen-bond acceptors (Lipinski definition) is 4. The van der Waals surface area contributed by atoms with Crippen molar-refractivity contribution in [3.05, 3.63) is 48.5 Å². The maximum absolute atomic E-state index is 11.8. The standard InChI is InChI=1S/C16H14N2O4/c19-12-2-1-3-14(10-12)22-13-6-4-11(5-7-13)18-9-8-15(20)17-16(18)21/h1-7,10,19H,8-9H2,(H,17,20,21). The molecule has 0 aromatic heterocycles. The monoisotopic (exact) mass is 298 g/mol. The van der Waals surface area contributed by atoms with Gasteiger partial charge in [0.05, 0.1) is 0 Å². The number of phenolic OH excluding ortho intramolecular Hbond substituents is 1. The van der Waals surface area contributed by atoms with Crippen molar-refractivity contribution in [2.45, 2.75) is 6.42 Å². The Bertz CT molecular complexity index is 712. The molecule has 0 unspecified atom stereocenters. The minimum Gasteiger partial charge on any atom is -0.508 e. The summed E-state index contributed by atoms with van der Waals surface area (Å²) >= 11 is 0. The number of phenols is 1. The quantitative estimate of drug-likeness (QED) is 0.913. The van der Waals surface area contributed by atoms with E-state index in [9.17, 15) is 14.7 Å². The molecule has 2 aromatic carbocycles. The van der Waals surface area contributed by atoms with Crippen molar-refractivity contribution in [2.75, 3.05) is 11.4 Å². The first-order chi connectivity index (χ1) is 10.6. The Labute approximate surface area is 126 Å². The van der Waals surface area contributed by atoms with Crippen molar-refractivity contribution in [1.29, 1.82) is 0 Å². The minimum atomic E-state index is -0.419. The van der Waals surface area contributed by atoms with Crippen molar-refractivity contribution < 1.29 is 19.4 Å². The Morgan fingerprint density at radius 1 is 1.05 bits per heavy atom. The van der Waals surface area contributed by atoms with E-state index in [4.69, 9.17) is 4.74 Å². The average Bonchev–Trinajstić information content (AvgIpc) is 2.48. The van der Waals surface area contributed by atoms with Gasteiger partial charge < -0.3 is 9.84 Å². The summed E-state index contributed by atoms with van der Waals surface area (Å²) in [6, 6.07) is 13.0. The number of aromatic hydroxyl groups is 1. The molecule has 3 amide bonds. The van der Waals surface area contributed by atoms with Gasteiger partial charge in [-0.15, -0.1) is 0 Å². The lowest BCUT2D eigenvalue weighted by Crippen LogP contribution is -2.49. The molecule has 1 heterocycles. The van der Waals surface area contributed by atoms with Crippen molar-refractivity contribution in [2.24, 2.45) is 0 Å². The number of rotatable bonds is 3. The molecule has 112 valence electrons. The van der Waals surface area contributed by atoms with E-state index >= 15 is 0 Å². The largest absolute Gasteiger partial charge is 0.508 e. The van der Waals surface area contributed by atoms with Gasteiger partial charge in [0.1, 0.15) is 17.2 Å². The normalized spacial score (nSPS) is 14.6. The molecular weight excluding hydrogens is 284 g/mol. The van der Waals surface area contributed by atoms with Gasteiger partial charge in [-0.1, -0.05) is 6.07 Å². The van der Waals surface area contributed by atoms with Gasteiger partial charge >= 0.3 is 6.03 Å². The van der Waals surface area contributed by atoms with Gasteiger partial charge in [-0.3, -0.25) is 15.0 Å². The molecule has 1 saturated heterocycles. The van der Waals surface area contributed by atoms with E-state index in [2.05, 4.69) is 5.32 Å². The van der Waals surface area contributed by atoms with Gasteiger partial charge in [0, 0.05) is 24.7 Å². The lowest BCUT2D eigenvalue weighted by molar-refractivity contribution is -0.120. The van der Waals surface area contributed by atoms with Gasteiger partial charge in [-0.05, 0) is 36.4 Å². The van der Waals surface area contributed by atoms with Crippen LogP contribution in [0.5, 0.6) is 17.2 Å². The topological polar surface area (TPSA) is 78.9 Å². The van der Waals surface area contributed by atoms with Crippen LogP contribution < -0.4 is 15.0 Å². The van der Waals surface area contributed by atoms with Crippen molar-refractivity contribution in [3.63, 3.8) is 0 Å². The molecule has 6 heteroatoms. The Morgan fingerprint density at radius 3 is 2.50 bits per heavy atom. The van der Waals surface area contributed by atoms with Crippen LogP contribution in [0.2, 0.25) is 0 Å². The molecule has 1 fully saturated rings. The molecular formula is C16H14N2O4. The van der Waals surface area contributed by atoms with Crippen molar-refractivity contribution >= 4 is 17.6 Å². The van der Waals surface area contributed by atoms with Crippen molar-refractivity contribution in [3.8, 4) is 17.2 Å². The summed E-state index contributed by atoms with van der Waals surface area (Å²) in [7, 11) is 0. The van der Waals surface area contributed by atoms with Crippen molar-refractivity contribution in [1.82, 2.24) is 5.32 Å². The molecule has 0 atom stereocenters. The number of benzene rings is 2. The van der Waals surface area contributed by atoms with Gasteiger partial charge in [0.2, 0.25) is 5.91 Å².